The van der Waals surface area contributed by atoms with E-state index in [1.807, 2.05) is 60.7 Å². The van der Waals surface area contributed by atoms with Gasteiger partial charge in [-0.05, 0) is 11.1 Å². The van der Waals surface area contributed by atoms with E-state index in [1.54, 1.807) is 0 Å². The molecule has 1 fully saturated rings. The second-order valence-corrected chi connectivity index (χ2v) is 5.31. The Bertz CT molecular complexity index is 603. The van der Waals surface area contributed by atoms with Gasteiger partial charge in [-0.1, -0.05) is 65.8 Å². The second-order valence-electron chi connectivity index (χ2n) is 5.31. The number of oxime groups is 1. The first-order valence-corrected chi connectivity index (χ1v) is 7.26. The van der Waals surface area contributed by atoms with Crippen LogP contribution in [0.3, 0.4) is 0 Å². The zero-order valence-corrected chi connectivity index (χ0v) is 12.4. The summed E-state index contributed by atoms with van der Waals surface area (Å²) in [5, 5.41) is 4.06. The Labute approximate surface area is 129 Å². The van der Waals surface area contributed by atoms with Crippen molar-refractivity contribution < 1.29 is 14.0 Å². The van der Waals surface area contributed by atoms with Crippen LogP contribution in [-0.4, -0.2) is 25.8 Å². The molecule has 1 aliphatic heterocycles. The molecule has 0 aliphatic carbocycles. The standard InChI is InChI=1S/C18H18FNO2/c1-21-20-17-18(12-16(13-19)22-17,14-8-4-2-5-9-14)15-10-6-3-7-11-15/h2-11,16H,12-13H2,1H3/b20-17-. The number of nitrogens with zero attached hydrogens (tertiary/aromatic N) is 1. The van der Waals surface area contributed by atoms with E-state index in [0.717, 1.165) is 11.1 Å². The molecule has 1 aliphatic rings. The Kier molecular flexibility index (Phi) is 4.09. The number of rotatable bonds is 4. The summed E-state index contributed by atoms with van der Waals surface area (Å²) >= 11 is 0. The van der Waals surface area contributed by atoms with Crippen molar-refractivity contribution in [1.82, 2.24) is 0 Å². The lowest BCUT2D eigenvalue weighted by atomic mass is 9.72. The van der Waals surface area contributed by atoms with E-state index in [2.05, 4.69) is 5.16 Å². The summed E-state index contributed by atoms with van der Waals surface area (Å²) in [7, 11) is 1.47. The van der Waals surface area contributed by atoms with E-state index in [-0.39, 0.29) is 0 Å². The zero-order valence-electron chi connectivity index (χ0n) is 12.4. The molecule has 0 radical (unpaired) electrons. The fourth-order valence-electron chi connectivity index (χ4n) is 3.09. The van der Waals surface area contributed by atoms with E-state index in [4.69, 9.17) is 9.57 Å². The number of hydrogen-bond donors (Lipinski definition) is 0. The largest absolute Gasteiger partial charge is 0.472 e. The maximum absolute atomic E-state index is 13.3. The third-order valence-corrected chi connectivity index (χ3v) is 4.06. The van der Waals surface area contributed by atoms with Crippen LogP contribution in [0.1, 0.15) is 17.5 Å². The van der Waals surface area contributed by atoms with Crippen molar-refractivity contribution >= 4 is 5.90 Å². The molecule has 3 nitrogen and oxygen atoms in total. The highest BCUT2D eigenvalue weighted by Gasteiger charge is 2.50. The fourth-order valence-corrected chi connectivity index (χ4v) is 3.09. The van der Waals surface area contributed by atoms with Crippen molar-refractivity contribution in [2.75, 3.05) is 13.8 Å². The molecule has 1 atom stereocenters. The lowest BCUT2D eigenvalue weighted by molar-refractivity contribution is 0.154. The zero-order chi connectivity index (χ0) is 15.4. The Morgan fingerprint density at radius 3 is 2.09 bits per heavy atom. The van der Waals surface area contributed by atoms with Gasteiger partial charge in [0.1, 0.15) is 25.3 Å². The molecule has 114 valence electrons. The molecule has 2 aromatic carbocycles. The molecular weight excluding hydrogens is 281 g/mol. The number of alkyl halides is 1. The summed E-state index contributed by atoms with van der Waals surface area (Å²) in [6.07, 6.45) is -0.0194. The molecule has 2 aromatic rings. The molecule has 4 heteroatoms. The van der Waals surface area contributed by atoms with Crippen molar-refractivity contribution in [3.63, 3.8) is 0 Å². The van der Waals surface area contributed by atoms with Crippen LogP contribution >= 0.6 is 0 Å². The normalized spacial score (nSPS) is 21.5. The minimum atomic E-state index is -0.616. The first-order chi connectivity index (χ1) is 10.8. The van der Waals surface area contributed by atoms with Gasteiger partial charge >= 0.3 is 0 Å². The minimum absolute atomic E-state index is 0.412. The molecule has 22 heavy (non-hydrogen) atoms. The van der Waals surface area contributed by atoms with Gasteiger partial charge in [0.25, 0.3) is 0 Å². The Hall–Kier alpha value is -2.36. The number of halogens is 1. The van der Waals surface area contributed by atoms with Gasteiger partial charge in [-0.2, -0.15) is 0 Å². The average Bonchev–Trinajstić information content (AvgIpc) is 2.97. The van der Waals surface area contributed by atoms with Crippen molar-refractivity contribution in [2.45, 2.75) is 17.9 Å². The highest BCUT2D eigenvalue weighted by Crippen LogP contribution is 2.44. The van der Waals surface area contributed by atoms with E-state index in [9.17, 15) is 4.39 Å². The summed E-state index contributed by atoms with van der Waals surface area (Å²) in [6.45, 7) is -0.551. The Morgan fingerprint density at radius 1 is 1.09 bits per heavy atom. The Balaban J connectivity index is 2.21. The third kappa shape index (κ3) is 2.34. The molecular formula is C18H18FNO2. The van der Waals surface area contributed by atoms with Crippen LogP contribution in [0.15, 0.2) is 65.8 Å². The maximum atomic E-state index is 13.3. The minimum Gasteiger partial charge on any atom is -0.472 e. The number of benzene rings is 2. The van der Waals surface area contributed by atoms with Gasteiger partial charge in [0.05, 0.1) is 0 Å². The molecule has 1 unspecified atom stereocenters. The second kappa shape index (κ2) is 6.18. The third-order valence-electron chi connectivity index (χ3n) is 4.06. The van der Waals surface area contributed by atoms with Crippen molar-refractivity contribution in [1.29, 1.82) is 0 Å². The van der Waals surface area contributed by atoms with Crippen molar-refractivity contribution in [3.05, 3.63) is 71.8 Å². The molecule has 1 saturated heterocycles. The van der Waals surface area contributed by atoms with Crippen LogP contribution in [0.2, 0.25) is 0 Å². The predicted molar refractivity (Wildman–Crippen MR) is 83.6 cm³/mol. The predicted octanol–water partition coefficient (Wildman–Crippen LogP) is 3.69. The van der Waals surface area contributed by atoms with Gasteiger partial charge < -0.3 is 9.57 Å². The highest BCUT2D eigenvalue weighted by atomic mass is 19.1. The van der Waals surface area contributed by atoms with Crippen molar-refractivity contribution in [2.24, 2.45) is 5.16 Å². The summed E-state index contributed by atoms with van der Waals surface area (Å²) < 4.78 is 19.0. The van der Waals surface area contributed by atoms with Crippen LogP contribution in [0, 0.1) is 0 Å². The maximum Gasteiger partial charge on any atom is 0.241 e. The molecule has 0 aromatic heterocycles. The van der Waals surface area contributed by atoms with Crippen LogP contribution in [-0.2, 0) is 15.0 Å². The van der Waals surface area contributed by atoms with Gasteiger partial charge in [0.2, 0.25) is 5.90 Å². The smallest absolute Gasteiger partial charge is 0.241 e. The van der Waals surface area contributed by atoms with E-state index in [0.29, 0.717) is 12.3 Å². The van der Waals surface area contributed by atoms with Gasteiger partial charge in [-0.3, -0.25) is 0 Å². The molecule has 0 spiro atoms. The molecule has 0 saturated carbocycles. The Morgan fingerprint density at radius 2 is 1.64 bits per heavy atom. The van der Waals surface area contributed by atoms with Gasteiger partial charge in [0.15, 0.2) is 0 Å². The number of ether oxygens (including phenoxy) is 1. The quantitative estimate of drug-likeness (QED) is 0.806. The molecule has 3 rings (SSSR count). The molecule has 0 bridgehead atoms. The monoisotopic (exact) mass is 299 g/mol. The summed E-state index contributed by atoms with van der Waals surface area (Å²) in [4.78, 5) is 4.96. The van der Waals surface area contributed by atoms with Gasteiger partial charge in [-0.25, -0.2) is 4.39 Å². The van der Waals surface area contributed by atoms with Gasteiger partial charge in [-0.15, -0.1) is 0 Å². The lowest BCUT2D eigenvalue weighted by Gasteiger charge is -2.28. The van der Waals surface area contributed by atoms with E-state index < -0.39 is 18.2 Å². The first-order valence-electron chi connectivity index (χ1n) is 7.26. The molecule has 1 heterocycles. The highest BCUT2D eigenvalue weighted by molar-refractivity contribution is 5.93. The van der Waals surface area contributed by atoms with Crippen LogP contribution < -0.4 is 0 Å². The molecule has 0 amide bonds. The van der Waals surface area contributed by atoms with Crippen LogP contribution in [0.25, 0.3) is 0 Å². The summed E-state index contributed by atoms with van der Waals surface area (Å²) in [6, 6.07) is 19.8. The summed E-state index contributed by atoms with van der Waals surface area (Å²) in [5.41, 5.74) is 1.43. The van der Waals surface area contributed by atoms with E-state index >= 15 is 0 Å². The molecule has 0 N–H and O–H groups in total. The van der Waals surface area contributed by atoms with Crippen LogP contribution in [0.4, 0.5) is 4.39 Å². The number of hydrogen-bond acceptors (Lipinski definition) is 3. The lowest BCUT2D eigenvalue weighted by Crippen LogP contribution is -2.33. The van der Waals surface area contributed by atoms with Crippen molar-refractivity contribution in [3.8, 4) is 0 Å². The average molecular weight is 299 g/mol. The van der Waals surface area contributed by atoms with Crippen LogP contribution in [0.5, 0.6) is 0 Å². The van der Waals surface area contributed by atoms with E-state index in [1.165, 1.54) is 7.11 Å². The topological polar surface area (TPSA) is 30.8 Å². The fraction of sp³-hybridized carbons (Fsp3) is 0.278. The summed E-state index contributed by atoms with van der Waals surface area (Å²) in [5.74, 6) is 0.412. The first kappa shape index (κ1) is 14.6. The SMILES string of the molecule is CO/N=C1\OC(CF)CC1(c1ccccc1)c1ccccc1. The van der Waals surface area contributed by atoms with Gasteiger partial charge in [0, 0.05) is 6.42 Å².